The molecule has 14 heteroatoms. The molecule has 2 amide bonds. The molecule has 1 heterocycles. The topological polar surface area (TPSA) is 172 Å². The summed E-state index contributed by atoms with van der Waals surface area (Å²) in [5.41, 5.74) is 9.05. The van der Waals surface area contributed by atoms with Gasteiger partial charge in [0.25, 0.3) is 0 Å². The number of nitrogens with zero attached hydrogens (tertiary/aromatic N) is 1. The lowest BCUT2D eigenvalue weighted by molar-refractivity contribution is -0.192. The van der Waals surface area contributed by atoms with Gasteiger partial charge in [0.05, 0.1) is 5.92 Å². The molecule has 10 nitrogen and oxygen atoms in total. The van der Waals surface area contributed by atoms with E-state index in [1.807, 2.05) is 66.7 Å². The van der Waals surface area contributed by atoms with Crippen molar-refractivity contribution >= 4 is 45.4 Å². The Morgan fingerprint density at radius 2 is 1.49 bits per heavy atom. The van der Waals surface area contributed by atoms with Gasteiger partial charge in [-0.15, -0.1) is 0 Å². The minimum Gasteiger partial charge on any atom is -0.475 e. The van der Waals surface area contributed by atoms with Gasteiger partial charge in [0.2, 0.25) is 11.8 Å². The SMILES string of the molecule is N=C(N)c1ccc(CC(C(=O)N[C@H](C(=O)NCC2CCN(C(=N)c3ccccc3)CC2)C2CCCCC2)c2cccc(Br)c2)cc1.O=C(O)C(F)(F)F. The number of carbonyl (C=O) groups excluding carboxylic acids is 2. The predicted octanol–water partition coefficient (Wildman–Crippen LogP) is 6.61. The lowest BCUT2D eigenvalue weighted by Crippen LogP contribution is -2.53. The number of halogens is 4. The van der Waals surface area contributed by atoms with Gasteiger partial charge in [-0.05, 0) is 67.2 Å². The largest absolute Gasteiger partial charge is 0.490 e. The summed E-state index contributed by atoms with van der Waals surface area (Å²) < 4.78 is 32.6. The maximum atomic E-state index is 14.1. The van der Waals surface area contributed by atoms with Crippen LogP contribution in [-0.2, 0) is 20.8 Å². The van der Waals surface area contributed by atoms with Gasteiger partial charge >= 0.3 is 12.1 Å². The monoisotopic (exact) mass is 798 g/mol. The zero-order valence-corrected chi connectivity index (χ0v) is 30.9. The molecular formula is C39H46BrF3N6O4. The molecule has 5 rings (SSSR count). The molecule has 1 saturated heterocycles. The Balaban J connectivity index is 0.000000815. The van der Waals surface area contributed by atoms with E-state index in [-0.39, 0.29) is 23.6 Å². The summed E-state index contributed by atoms with van der Waals surface area (Å²) in [6.45, 7) is 2.15. The average Bonchev–Trinajstić information content (AvgIpc) is 3.15. The van der Waals surface area contributed by atoms with E-state index in [1.54, 1.807) is 12.1 Å². The van der Waals surface area contributed by atoms with Crippen LogP contribution >= 0.6 is 15.9 Å². The zero-order chi connectivity index (χ0) is 38.5. The molecule has 0 aromatic heterocycles. The van der Waals surface area contributed by atoms with Crippen LogP contribution in [0.5, 0.6) is 0 Å². The Morgan fingerprint density at radius 1 is 0.868 bits per heavy atom. The number of carboxylic acid groups (broad SMARTS) is 1. The van der Waals surface area contributed by atoms with Crippen molar-refractivity contribution in [3.8, 4) is 0 Å². The highest BCUT2D eigenvalue weighted by Crippen LogP contribution is 2.29. The van der Waals surface area contributed by atoms with Gasteiger partial charge < -0.3 is 26.4 Å². The third-order valence-corrected chi connectivity index (χ3v) is 10.3. The van der Waals surface area contributed by atoms with Crippen molar-refractivity contribution in [3.63, 3.8) is 0 Å². The summed E-state index contributed by atoms with van der Waals surface area (Å²) in [7, 11) is 0. The molecule has 1 aliphatic carbocycles. The van der Waals surface area contributed by atoms with Gasteiger partial charge in [0.1, 0.15) is 17.7 Å². The first kappa shape index (κ1) is 41.0. The molecule has 7 N–H and O–H groups in total. The molecule has 2 atom stereocenters. The minimum atomic E-state index is -5.08. The summed E-state index contributed by atoms with van der Waals surface area (Å²) >= 11 is 3.56. The maximum absolute atomic E-state index is 14.1. The Kier molecular flexibility index (Phi) is 15.0. The molecule has 284 valence electrons. The van der Waals surface area contributed by atoms with Crippen LogP contribution in [0.25, 0.3) is 0 Å². The van der Waals surface area contributed by atoms with Gasteiger partial charge in [-0.3, -0.25) is 20.4 Å². The number of nitrogens with one attached hydrogen (secondary N) is 4. The van der Waals surface area contributed by atoms with Crippen molar-refractivity contribution in [1.82, 2.24) is 15.5 Å². The Bertz CT molecular complexity index is 1710. The lowest BCUT2D eigenvalue weighted by atomic mass is 9.82. The summed E-state index contributed by atoms with van der Waals surface area (Å²) in [6.07, 6.45) is 2.31. The first-order valence-electron chi connectivity index (χ1n) is 17.7. The molecule has 53 heavy (non-hydrogen) atoms. The fourth-order valence-electron chi connectivity index (χ4n) is 6.75. The molecule has 3 aromatic rings. The van der Waals surface area contributed by atoms with Gasteiger partial charge in [-0.1, -0.05) is 102 Å². The number of amides is 2. The number of benzene rings is 3. The standard InChI is InChI=1S/C37H45BrN6O2.C2HF3O2/c38-31-13-7-12-30(23-31)32(22-25-14-16-28(17-15-25)34(39)40)36(45)43-33(27-8-3-1-4-9-27)37(46)42-24-26-18-20-44(21-19-26)35(41)29-10-5-2-6-11-29;3-2(4,5)1(6)7/h2,5-7,10-17,23,26-27,32-33,41H,1,3-4,8-9,18-22,24H2,(H3,39,40)(H,42,46)(H,43,45);(H,6,7)/t32?,33-;/m0./s1. The highest BCUT2D eigenvalue weighted by atomic mass is 79.9. The highest BCUT2D eigenvalue weighted by molar-refractivity contribution is 9.10. The number of rotatable bonds is 11. The van der Waals surface area contributed by atoms with Crippen LogP contribution in [-0.4, -0.2) is 71.3 Å². The van der Waals surface area contributed by atoms with Gasteiger partial charge in [-0.2, -0.15) is 13.2 Å². The van der Waals surface area contributed by atoms with E-state index in [4.69, 9.17) is 26.5 Å². The smallest absolute Gasteiger partial charge is 0.475 e. The molecule has 1 unspecified atom stereocenters. The average molecular weight is 800 g/mol. The van der Waals surface area contributed by atoms with Crippen molar-refractivity contribution < 1.29 is 32.7 Å². The van der Waals surface area contributed by atoms with E-state index in [0.717, 1.165) is 79.2 Å². The number of hydrogen-bond acceptors (Lipinski definition) is 5. The number of amidine groups is 2. The number of carbonyl (C=O) groups is 3. The van der Waals surface area contributed by atoms with Crippen molar-refractivity contribution in [3.05, 3.63) is 106 Å². The number of aliphatic carboxylic acids is 1. The van der Waals surface area contributed by atoms with E-state index in [2.05, 4.69) is 31.5 Å². The van der Waals surface area contributed by atoms with Crippen LogP contribution in [0.1, 0.15) is 73.1 Å². The third kappa shape index (κ3) is 12.4. The molecule has 0 spiro atoms. The molecule has 0 radical (unpaired) electrons. The first-order valence-corrected chi connectivity index (χ1v) is 18.5. The number of nitrogens with two attached hydrogens (primary N) is 1. The molecule has 0 bridgehead atoms. The molecular weight excluding hydrogens is 753 g/mol. The molecule has 2 aliphatic rings. The van der Waals surface area contributed by atoms with E-state index >= 15 is 0 Å². The van der Waals surface area contributed by atoms with Crippen LogP contribution in [0, 0.1) is 22.7 Å². The number of nitrogen functional groups attached to an aromatic ring is 1. The van der Waals surface area contributed by atoms with Crippen LogP contribution < -0.4 is 16.4 Å². The van der Waals surface area contributed by atoms with Gasteiger partial charge in [0.15, 0.2) is 0 Å². The normalized spacial score (nSPS) is 16.3. The van der Waals surface area contributed by atoms with E-state index in [0.29, 0.717) is 30.3 Å². The summed E-state index contributed by atoms with van der Waals surface area (Å²) in [6, 6.07) is 24.5. The fraction of sp³-hybridized carbons (Fsp3) is 0.410. The molecule has 3 aromatic carbocycles. The molecule has 2 fully saturated rings. The Labute approximate surface area is 315 Å². The van der Waals surface area contributed by atoms with E-state index < -0.39 is 24.1 Å². The van der Waals surface area contributed by atoms with Crippen molar-refractivity contribution in [2.45, 2.75) is 69.5 Å². The van der Waals surface area contributed by atoms with Crippen molar-refractivity contribution in [2.75, 3.05) is 19.6 Å². The number of hydrogen-bond donors (Lipinski definition) is 6. The zero-order valence-electron chi connectivity index (χ0n) is 29.3. The fourth-order valence-corrected chi connectivity index (χ4v) is 7.17. The number of alkyl halides is 3. The minimum absolute atomic E-state index is 0.00591. The third-order valence-electron chi connectivity index (χ3n) is 9.76. The second-order valence-electron chi connectivity index (χ2n) is 13.5. The van der Waals surface area contributed by atoms with Crippen molar-refractivity contribution in [1.29, 1.82) is 10.8 Å². The van der Waals surface area contributed by atoms with Crippen LogP contribution in [0.4, 0.5) is 13.2 Å². The van der Waals surface area contributed by atoms with E-state index in [1.165, 1.54) is 0 Å². The lowest BCUT2D eigenvalue weighted by Gasteiger charge is -2.35. The second-order valence-corrected chi connectivity index (χ2v) is 14.4. The predicted molar refractivity (Wildman–Crippen MR) is 201 cm³/mol. The highest BCUT2D eigenvalue weighted by Gasteiger charge is 2.38. The van der Waals surface area contributed by atoms with Crippen LogP contribution in [0.2, 0.25) is 0 Å². The van der Waals surface area contributed by atoms with Gasteiger partial charge in [0, 0.05) is 35.2 Å². The number of piperidine rings is 1. The number of likely N-dealkylation sites (tertiary alicyclic amines) is 1. The molecule has 1 saturated carbocycles. The quantitative estimate of drug-likeness (QED) is 0.0941. The van der Waals surface area contributed by atoms with Crippen LogP contribution in [0.15, 0.2) is 83.3 Å². The summed E-state index contributed by atoms with van der Waals surface area (Å²) in [5.74, 6) is -2.52. The second kappa shape index (κ2) is 19.4. The van der Waals surface area contributed by atoms with Crippen LogP contribution in [0.3, 0.4) is 0 Å². The summed E-state index contributed by atoms with van der Waals surface area (Å²) in [5, 5.41) is 29.9. The first-order chi connectivity index (χ1) is 25.2. The Morgan fingerprint density at radius 3 is 2.06 bits per heavy atom. The van der Waals surface area contributed by atoms with E-state index in [9.17, 15) is 22.8 Å². The number of carboxylic acids is 1. The van der Waals surface area contributed by atoms with Gasteiger partial charge in [-0.25, -0.2) is 4.79 Å². The maximum Gasteiger partial charge on any atom is 0.490 e. The Hall–Kier alpha value is -4.72. The van der Waals surface area contributed by atoms with Crippen molar-refractivity contribution in [2.24, 2.45) is 17.6 Å². The summed E-state index contributed by atoms with van der Waals surface area (Å²) in [4.78, 5) is 39.0. The molecule has 1 aliphatic heterocycles.